The van der Waals surface area contributed by atoms with E-state index in [1.165, 1.54) is 0 Å². The van der Waals surface area contributed by atoms with Gasteiger partial charge in [0.25, 0.3) is 0 Å². The van der Waals surface area contributed by atoms with Gasteiger partial charge in [-0.3, -0.25) is 0 Å². The minimum absolute atomic E-state index is 0.125. The fraction of sp³-hybridized carbons (Fsp3) is 0.500. The van der Waals surface area contributed by atoms with Crippen LogP contribution in [0.15, 0.2) is 11.0 Å². The Labute approximate surface area is 103 Å². The van der Waals surface area contributed by atoms with Crippen molar-refractivity contribution in [1.29, 1.82) is 0 Å². The average Bonchev–Trinajstić information content (AvgIpc) is 2.87. The Morgan fingerprint density at radius 3 is 2.65 bits per heavy atom. The molecule has 0 aliphatic carbocycles. The molecule has 1 aromatic heterocycles. The number of ether oxygens (including phenoxy) is 1. The third kappa shape index (κ3) is 2.30. The van der Waals surface area contributed by atoms with Crippen LogP contribution in [0.2, 0.25) is 0 Å². The van der Waals surface area contributed by atoms with Gasteiger partial charge in [0, 0.05) is 0 Å². The summed E-state index contributed by atoms with van der Waals surface area (Å²) < 4.78 is 6.10. The Balaban J connectivity index is 2.19. The van der Waals surface area contributed by atoms with Crippen LogP contribution in [0.3, 0.4) is 0 Å². The zero-order chi connectivity index (χ0) is 12.6. The fourth-order valence-electron chi connectivity index (χ4n) is 1.77. The van der Waals surface area contributed by atoms with Gasteiger partial charge < -0.3 is 0 Å². The second-order valence-corrected chi connectivity index (χ2v) is 5.84. The molecule has 1 aliphatic heterocycles. The molecule has 1 amide bonds. The molecule has 5 N–H and O–H groups in total. The number of hydrogen-bond acceptors (Lipinski definition) is 5. The second kappa shape index (κ2) is 4.89. The van der Waals surface area contributed by atoms with Gasteiger partial charge in [-0.1, -0.05) is 0 Å². The summed E-state index contributed by atoms with van der Waals surface area (Å²) in [5, 5.41) is 28.3. The van der Waals surface area contributed by atoms with Crippen molar-refractivity contribution in [1.82, 2.24) is 0 Å². The number of hydrogen-bond donors (Lipinski definition) is 4. The van der Waals surface area contributed by atoms with E-state index in [-0.39, 0.29) is 21.1 Å². The van der Waals surface area contributed by atoms with Crippen molar-refractivity contribution in [3.63, 3.8) is 0 Å². The van der Waals surface area contributed by atoms with E-state index in [9.17, 15) is 15.0 Å². The van der Waals surface area contributed by atoms with Gasteiger partial charge in [-0.2, -0.15) is 0 Å². The maximum atomic E-state index is 11.0. The number of carbonyl (C=O) groups is 1. The minimum atomic E-state index is -1.11. The van der Waals surface area contributed by atoms with Crippen molar-refractivity contribution < 1.29 is 24.9 Å². The predicted octanol–water partition coefficient (Wildman–Crippen LogP) is -2.00. The van der Waals surface area contributed by atoms with Crippen molar-refractivity contribution in [2.24, 2.45) is 5.73 Å². The van der Waals surface area contributed by atoms with Gasteiger partial charge in [-0.25, -0.2) is 0 Å². The Morgan fingerprint density at radius 2 is 2.18 bits per heavy atom. The zero-order valence-corrected chi connectivity index (χ0v) is 10.5. The summed E-state index contributed by atoms with van der Waals surface area (Å²) in [4.78, 5) is 12.7. The molecule has 2 heterocycles. The number of primary amides is 1. The summed E-state index contributed by atoms with van der Waals surface area (Å²) in [7, 11) is 0. The van der Waals surface area contributed by atoms with E-state index in [2.05, 4.69) is 0 Å². The molecule has 4 unspecified atom stereocenters. The topological polar surface area (TPSA) is 113 Å². The van der Waals surface area contributed by atoms with Gasteiger partial charge >= 0.3 is 103 Å². The molecule has 1 aliphatic rings. The van der Waals surface area contributed by atoms with Crippen LogP contribution in [0.4, 0.5) is 0 Å². The van der Waals surface area contributed by atoms with E-state index < -0.39 is 30.3 Å². The molecular formula is C10H13NO5Se. The van der Waals surface area contributed by atoms with E-state index in [1.807, 2.05) is 0 Å². The van der Waals surface area contributed by atoms with E-state index in [0.717, 1.165) is 4.44 Å². The predicted molar refractivity (Wildman–Crippen MR) is 58.6 cm³/mol. The van der Waals surface area contributed by atoms with Crippen molar-refractivity contribution >= 4 is 20.4 Å². The van der Waals surface area contributed by atoms with Crippen LogP contribution in [-0.4, -0.2) is 60.6 Å². The third-order valence-electron chi connectivity index (χ3n) is 2.73. The quantitative estimate of drug-likeness (QED) is 0.482. The number of nitrogens with two attached hydrogens (primary N) is 1. The first kappa shape index (κ1) is 12.8. The maximum absolute atomic E-state index is 11.0. The summed E-state index contributed by atoms with van der Waals surface area (Å²) in [5.74, 6) is -0.520. The van der Waals surface area contributed by atoms with Crippen molar-refractivity contribution in [3.05, 3.63) is 21.0 Å². The Hall–Kier alpha value is -0.691. The van der Waals surface area contributed by atoms with Gasteiger partial charge in [0.15, 0.2) is 0 Å². The molecule has 1 aromatic rings. The van der Waals surface area contributed by atoms with Crippen LogP contribution < -0.4 is 5.73 Å². The first-order chi connectivity index (χ1) is 8.04. The first-order valence-corrected chi connectivity index (χ1v) is 6.90. The van der Waals surface area contributed by atoms with E-state index in [4.69, 9.17) is 15.6 Å². The molecule has 4 atom stereocenters. The van der Waals surface area contributed by atoms with E-state index >= 15 is 0 Å². The molecule has 7 heteroatoms. The zero-order valence-electron chi connectivity index (χ0n) is 8.81. The molecular weight excluding hydrogens is 293 g/mol. The van der Waals surface area contributed by atoms with Crippen LogP contribution in [0.5, 0.6) is 0 Å². The van der Waals surface area contributed by atoms with Gasteiger partial charge in [-0.15, -0.1) is 0 Å². The molecule has 0 bridgehead atoms. The number of rotatable bonds is 3. The molecule has 1 saturated heterocycles. The monoisotopic (exact) mass is 307 g/mol. The standard InChI is InChI=1S/C10H13NO5Se/c11-10(15)4-1-6(17-3-4)9-8(14)7(13)5(2-12)16-9/h1,3,5,7-9,12-14H,2H2,(H2,11,15). The molecule has 94 valence electrons. The molecule has 0 saturated carbocycles. The van der Waals surface area contributed by atoms with E-state index in [1.54, 1.807) is 11.0 Å². The van der Waals surface area contributed by atoms with Crippen LogP contribution in [0, 0.1) is 0 Å². The summed E-state index contributed by atoms with van der Waals surface area (Å²) in [6.07, 6.45) is -3.65. The third-order valence-corrected chi connectivity index (χ3v) is 4.81. The van der Waals surface area contributed by atoms with Crippen LogP contribution in [-0.2, 0) is 4.74 Å². The van der Waals surface area contributed by atoms with Gasteiger partial charge in [0.05, 0.1) is 0 Å². The van der Waals surface area contributed by atoms with E-state index in [0.29, 0.717) is 5.56 Å². The Kier molecular flexibility index (Phi) is 3.67. The number of aliphatic hydroxyl groups is 3. The van der Waals surface area contributed by atoms with Crippen molar-refractivity contribution in [2.45, 2.75) is 24.4 Å². The second-order valence-electron chi connectivity index (χ2n) is 3.86. The number of carbonyl (C=O) groups excluding carboxylic acids is 1. The van der Waals surface area contributed by atoms with Crippen molar-refractivity contribution in [2.75, 3.05) is 6.61 Å². The Morgan fingerprint density at radius 1 is 1.47 bits per heavy atom. The average molecular weight is 306 g/mol. The van der Waals surface area contributed by atoms with Gasteiger partial charge in [0.1, 0.15) is 0 Å². The first-order valence-electron chi connectivity index (χ1n) is 5.05. The normalized spacial score (nSPS) is 32.9. The number of amides is 1. The van der Waals surface area contributed by atoms with Crippen LogP contribution in [0.1, 0.15) is 20.9 Å². The van der Waals surface area contributed by atoms with Gasteiger partial charge in [0.2, 0.25) is 0 Å². The fourth-order valence-corrected chi connectivity index (χ4v) is 3.80. The SMILES string of the molecule is NC(=O)c1c[se]c(C2OC(CO)C(O)C2O)c1. The molecule has 0 radical (unpaired) electrons. The summed E-state index contributed by atoms with van der Waals surface area (Å²) in [6.45, 7) is -0.356. The Bertz CT molecular complexity index is 421. The van der Waals surface area contributed by atoms with Crippen LogP contribution >= 0.6 is 0 Å². The summed E-state index contributed by atoms with van der Waals surface area (Å²) in [6, 6.07) is 1.59. The molecule has 0 aromatic carbocycles. The molecule has 6 nitrogen and oxygen atoms in total. The molecule has 0 spiro atoms. The molecule has 17 heavy (non-hydrogen) atoms. The van der Waals surface area contributed by atoms with Crippen molar-refractivity contribution in [3.8, 4) is 0 Å². The van der Waals surface area contributed by atoms with Crippen LogP contribution in [0.25, 0.3) is 0 Å². The molecule has 2 rings (SSSR count). The summed E-state index contributed by atoms with van der Waals surface area (Å²) in [5.41, 5.74) is 5.54. The van der Waals surface area contributed by atoms with Gasteiger partial charge in [-0.05, 0) is 0 Å². The molecule has 1 fully saturated rings. The summed E-state index contributed by atoms with van der Waals surface area (Å²) >= 11 is -0.125. The number of aliphatic hydroxyl groups excluding tert-OH is 3.